The highest BCUT2D eigenvalue weighted by Crippen LogP contribution is 1.95. The predicted molar refractivity (Wildman–Crippen MR) is 51.6 cm³/mol. The molecule has 0 saturated carbocycles. The normalized spacial score (nSPS) is 10.4. The number of aromatic nitrogens is 2. The van der Waals surface area contributed by atoms with Crippen LogP contribution in [0.25, 0.3) is 0 Å². The van der Waals surface area contributed by atoms with E-state index in [0.717, 1.165) is 24.2 Å². The quantitative estimate of drug-likeness (QED) is 0.713. The lowest BCUT2D eigenvalue weighted by molar-refractivity contribution is 0.732. The van der Waals surface area contributed by atoms with Crippen molar-refractivity contribution >= 4 is 0 Å². The Morgan fingerprint density at radius 3 is 2.92 bits per heavy atom. The van der Waals surface area contributed by atoms with Gasteiger partial charge in [0.15, 0.2) is 0 Å². The molecule has 0 amide bonds. The molecule has 0 aromatic carbocycles. The first-order chi connectivity index (χ1) is 6.16. The van der Waals surface area contributed by atoms with E-state index in [0.29, 0.717) is 6.54 Å². The Labute approximate surface area is 77.4 Å². The van der Waals surface area contributed by atoms with Crippen molar-refractivity contribution in [2.24, 2.45) is 12.8 Å². The van der Waals surface area contributed by atoms with E-state index in [1.165, 1.54) is 0 Å². The lowest BCUT2D eigenvalue weighted by atomic mass is 10.2. The zero-order valence-corrected chi connectivity index (χ0v) is 8.08. The molecule has 0 aliphatic heterocycles. The van der Waals surface area contributed by atoms with Crippen LogP contribution in [0.4, 0.5) is 0 Å². The molecule has 0 aliphatic rings. The van der Waals surface area contributed by atoms with E-state index >= 15 is 0 Å². The van der Waals surface area contributed by atoms with Crippen molar-refractivity contribution in [2.45, 2.75) is 19.8 Å². The summed E-state index contributed by atoms with van der Waals surface area (Å²) in [6, 6.07) is 0. The maximum absolute atomic E-state index is 11.6. The Hall–Kier alpha value is -1.16. The minimum Gasteiger partial charge on any atom is -0.330 e. The van der Waals surface area contributed by atoms with Gasteiger partial charge in [-0.2, -0.15) is 0 Å². The van der Waals surface area contributed by atoms with Gasteiger partial charge in [0, 0.05) is 18.8 Å². The average molecular weight is 181 g/mol. The Morgan fingerprint density at radius 1 is 1.62 bits per heavy atom. The fraction of sp³-hybridized carbons (Fsp3) is 0.556. The van der Waals surface area contributed by atoms with Gasteiger partial charge in [-0.1, -0.05) is 0 Å². The van der Waals surface area contributed by atoms with Gasteiger partial charge >= 0.3 is 0 Å². The maximum atomic E-state index is 11.6. The highest BCUT2D eigenvalue weighted by molar-refractivity contribution is 5.07. The number of hydrogen-bond donors (Lipinski definition) is 1. The highest BCUT2D eigenvalue weighted by atomic mass is 16.1. The molecule has 13 heavy (non-hydrogen) atoms. The molecule has 0 unspecified atom stereocenters. The van der Waals surface area contributed by atoms with Crippen molar-refractivity contribution in [3.8, 4) is 0 Å². The third-order valence-electron chi connectivity index (χ3n) is 2.12. The fourth-order valence-corrected chi connectivity index (χ4v) is 1.14. The molecular formula is C9H15N3O. The van der Waals surface area contributed by atoms with E-state index in [4.69, 9.17) is 5.73 Å². The van der Waals surface area contributed by atoms with Crippen molar-refractivity contribution in [3.05, 3.63) is 27.9 Å². The molecule has 1 aromatic rings. The molecule has 1 rings (SSSR count). The SMILES string of the molecule is Cc1ncc(CCCN)c(=O)n1C. The highest BCUT2D eigenvalue weighted by Gasteiger charge is 2.02. The molecule has 2 N–H and O–H groups in total. The van der Waals surface area contributed by atoms with Crippen LogP contribution in [0.15, 0.2) is 11.0 Å². The third kappa shape index (κ3) is 2.15. The number of rotatable bonds is 3. The van der Waals surface area contributed by atoms with Crippen LogP contribution in [0, 0.1) is 6.92 Å². The minimum atomic E-state index is 0.0425. The monoisotopic (exact) mass is 181 g/mol. The topological polar surface area (TPSA) is 60.9 Å². The van der Waals surface area contributed by atoms with Crippen LogP contribution in [0.3, 0.4) is 0 Å². The molecule has 0 radical (unpaired) electrons. The van der Waals surface area contributed by atoms with Crippen LogP contribution in [0.2, 0.25) is 0 Å². The van der Waals surface area contributed by atoms with Gasteiger partial charge in [-0.05, 0) is 26.3 Å². The summed E-state index contributed by atoms with van der Waals surface area (Å²) in [4.78, 5) is 15.7. The number of nitrogens with zero attached hydrogens (tertiary/aromatic N) is 2. The van der Waals surface area contributed by atoms with Gasteiger partial charge in [0.25, 0.3) is 5.56 Å². The largest absolute Gasteiger partial charge is 0.330 e. The Bertz CT molecular complexity index is 343. The van der Waals surface area contributed by atoms with Gasteiger partial charge in [-0.25, -0.2) is 4.98 Å². The third-order valence-corrected chi connectivity index (χ3v) is 2.12. The van der Waals surface area contributed by atoms with Gasteiger partial charge in [-0.15, -0.1) is 0 Å². The summed E-state index contributed by atoms with van der Waals surface area (Å²) in [5, 5.41) is 0. The Balaban J connectivity index is 2.97. The standard InChI is InChI=1S/C9H15N3O/c1-7-11-6-8(4-3-5-10)9(13)12(7)2/h6H,3-5,10H2,1-2H3. The molecule has 0 atom stereocenters. The van der Waals surface area contributed by atoms with Crippen LogP contribution in [-0.2, 0) is 13.5 Å². The zero-order chi connectivity index (χ0) is 9.84. The molecule has 4 nitrogen and oxygen atoms in total. The Morgan fingerprint density at radius 2 is 2.31 bits per heavy atom. The van der Waals surface area contributed by atoms with Crippen LogP contribution in [0.5, 0.6) is 0 Å². The molecule has 0 fully saturated rings. The van der Waals surface area contributed by atoms with E-state index in [-0.39, 0.29) is 5.56 Å². The van der Waals surface area contributed by atoms with E-state index in [2.05, 4.69) is 4.98 Å². The number of hydrogen-bond acceptors (Lipinski definition) is 3. The molecule has 1 heterocycles. The molecular weight excluding hydrogens is 166 g/mol. The van der Waals surface area contributed by atoms with Crippen molar-refractivity contribution in [3.63, 3.8) is 0 Å². The second kappa shape index (κ2) is 4.18. The summed E-state index contributed by atoms with van der Waals surface area (Å²) in [5.74, 6) is 0.737. The summed E-state index contributed by atoms with van der Waals surface area (Å²) in [7, 11) is 1.73. The zero-order valence-electron chi connectivity index (χ0n) is 8.08. The van der Waals surface area contributed by atoms with E-state index in [9.17, 15) is 4.79 Å². The second-order valence-corrected chi connectivity index (χ2v) is 3.09. The van der Waals surface area contributed by atoms with Gasteiger partial charge in [-0.3, -0.25) is 9.36 Å². The van der Waals surface area contributed by atoms with Crippen LogP contribution >= 0.6 is 0 Å². The molecule has 4 heteroatoms. The minimum absolute atomic E-state index is 0.0425. The van der Waals surface area contributed by atoms with E-state index < -0.39 is 0 Å². The first kappa shape index (κ1) is 9.92. The summed E-state index contributed by atoms with van der Waals surface area (Å²) in [6.07, 6.45) is 3.20. The van der Waals surface area contributed by atoms with Crippen molar-refractivity contribution < 1.29 is 0 Å². The molecule has 0 bridgehead atoms. The smallest absolute Gasteiger partial charge is 0.256 e. The van der Waals surface area contributed by atoms with Gasteiger partial charge in [0.1, 0.15) is 5.82 Å². The fourth-order valence-electron chi connectivity index (χ4n) is 1.14. The summed E-state index contributed by atoms with van der Waals surface area (Å²) < 4.78 is 1.56. The average Bonchev–Trinajstić information content (AvgIpc) is 2.13. The summed E-state index contributed by atoms with van der Waals surface area (Å²) in [6.45, 7) is 2.42. The van der Waals surface area contributed by atoms with E-state index in [1.807, 2.05) is 6.92 Å². The number of nitrogens with two attached hydrogens (primary N) is 1. The number of aryl methyl sites for hydroxylation is 2. The second-order valence-electron chi connectivity index (χ2n) is 3.09. The first-order valence-corrected chi connectivity index (χ1v) is 4.38. The first-order valence-electron chi connectivity index (χ1n) is 4.38. The lowest BCUT2D eigenvalue weighted by Gasteiger charge is -2.04. The van der Waals surface area contributed by atoms with Crippen molar-refractivity contribution in [1.29, 1.82) is 0 Å². The van der Waals surface area contributed by atoms with Gasteiger partial charge in [0.2, 0.25) is 0 Å². The van der Waals surface area contributed by atoms with Crippen molar-refractivity contribution in [2.75, 3.05) is 6.54 Å². The van der Waals surface area contributed by atoms with Crippen LogP contribution in [0.1, 0.15) is 17.8 Å². The molecule has 1 aromatic heterocycles. The van der Waals surface area contributed by atoms with Crippen LogP contribution < -0.4 is 11.3 Å². The molecule has 0 spiro atoms. The summed E-state index contributed by atoms with van der Waals surface area (Å²) >= 11 is 0. The molecule has 0 aliphatic carbocycles. The maximum Gasteiger partial charge on any atom is 0.256 e. The van der Waals surface area contributed by atoms with Gasteiger partial charge in [0.05, 0.1) is 0 Å². The Kier molecular flexibility index (Phi) is 3.19. The van der Waals surface area contributed by atoms with Crippen molar-refractivity contribution in [1.82, 2.24) is 9.55 Å². The molecule has 0 saturated heterocycles. The van der Waals surface area contributed by atoms with E-state index in [1.54, 1.807) is 17.8 Å². The lowest BCUT2D eigenvalue weighted by Crippen LogP contribution is -2.24. The predicted octanol–water partition coefficient (Wildman–Crippen LogP) is -0.0200. The molecule has 72 valence electrons. The summed E-state index contributed by atoms with van der Waals surface area (Å²) in [5.41, 5.74) is 6.16. The van der Waals surface area contributed by atoms with Crippen LogP contribution in [-0.4, -0.2) is 16.1 Å². The van der Waals surface area contributed by atoms with Gasteiger partial charge < -0.3 is 5.73 Å².